The van der Waals surface area contributed by atoms with Gasteiger partial charge >= 0.3 is 0 Å². The van der Waals surface area contributed by atoms with Crippen LogP contribution in [0.15, 0.2) is 28.8 Å². The van der Waals surface area contributed by atoms with Gasteiger partial charge in [0, 0.05) is 49.2 Å². The Labute approximate surface area is 191 Å². The Morgan fingerprint density at radius 2 is 2.00 bits per heavy atom. The lowest BCUT2D eigenvalue weighted by molar-refractivity contribution is -0.133. The lowest BCUT2D eigenvalue weighted by Crippen LogP contribution is -2.48. The SMILES string of the molecule is COc1ccc(-c2noc(CN3CCN(C(=O)CCCCC4CCSS4)CC3)n2)cc1. The van der Waals surface area contributed by atoms with Crippen LogP contribution in [0.25, 0.3) is 11.4 Å². The van der Waals surface area contributed by atoms with Gasteiger partial charge in [0.1, 0.15) is 5.75 Å². The molecule has 31 heavy (non-hydrogen) atoms. The molecule has 2 aliphatic heterocycles. The van der Waals surface area contributed by atoms with E-state index in [1.807, 2.05) is 50.8 Å². The molecule has 3 heterocycles. The predicted octanol–water partition coefficient (Wildman–Crippen LogP) is 4.10. The first-order chi connectivity index (χ1) is 15.2. The molecule has 168 valence electrons. The van der Waals surface area contributed by atoms with E-state index in [-0.39, 0.29) is 0 Å². The molecule has 0 spiro atoms. The molecule has 0 saturated carbocycles. The molecule has 9 heteroatoms. The molecule has 0 radical (unpaired) electrons. The fourth-order valence-electron chi connectivity index (χ4n) is 3.89. The summed E-state index contributed by atoms with van der Waals surface area (Å²) in [6.45, 7) is 3.83. The molecule has 1 amide bonds. The molecule has 2 fully saturated rings. The van der Waals surface area contributed by atoms with Crippen LogP contribution in [0.1, 0.15) is 38.0 Å². The fraction of sp³-hybridized carbons (Fsp3) is 0.591. The maximum absolute atomic E-state index is 12.5. The van der Waals surface area contributed by atoms with E-state index in [2.05, 4.69) is 15.0 Å². The van der Waals surface area contributed by atoms with Gasteiger partial charge in [-0.05, 0) is 43.5 Å². The van der Waals surface area contributed by atoms with Crippen molar-refractivity contribution in [3.05, 3.63) is 30.2 Å². The third-order valence-corrected chi connectivity index (χ3v) is 8.80. The van der Waals surface area contributed by atoms with Gasteiger partial charge in [0.2, 0.25) is 17.6 Å². The van der Waals surface area contributed by atoms with Gasteiger partial charge in [0.15, 0.2) is 0 Å². The van der Waals surface area contributed by atoms with E-state index in [1.54, 1.807) is 7.11 Å². The Morgan fingerprint density at radius 1 is 1.19 bits per heavy atom. The molecule has 1 unspecified atom stereocenters. The summed E-state index contributed by atoms with van der Waals surface area (Å²) in [6, 6.07) is 7.61. The molecule has 2 aromatic rings. The van der Waals surface area contributed by atoms with E-state index in [0.717, 1.165) is 55.6 Å². The van der Waals surface area contributed by atoms with Crippen molar-refractivity contribution < 1.29 is 14.1 Å². The number of hydrogen-bond acceptors (Lipinski definition) is 8. The Kier molecular flexibility index (Phi) is 8.15. The van der Waals surface area contributed by atoms with Crippen molar-refractivity contribution >= 4 is 27.5 Å². The minimum Gasteiger partial charge on any atom is -0.497 e. The van der Waals surface area contributed by atoms with Gasteiger partial charge in [-0.2, -0.15) is 4.98 Å². The number of ether oxygens (including phenoxy) is 1. The highest BCUT2D eigenvalue weighted by molar-refractivity contribution is 8.77. The Hall–Kier alpha value is -1.71. The van der Waals surface area contributed by atoms with Crippen molar-refractivity contribution in [3.63, 3.8) is 0 Å². The Bertz CT molecular complexity index is 832. The van der Waals surface area contributed by atoms with E-state index in [4.69, 9.17) is 9.26 Å². The predicted molar refractivity (Wildman–Crippen MR) is 125 cm³/mol. The van der Waals surface area contributed by atoms with Gasteiger partial charge in [0.05, 0.1) is 13.7 Å². The molecular formula is C22H30N4O3S2. The monoisotopic (exact) mass is 462 g/mol. The first kappa shape index (κ1) is 22.5. The second kappa shape index (κ2) is 11.2. The highest BCUT2D eigenvalue weighted by Crippen LogP contribution is 2.39. The largest absolute Gasteiger partial charge is 0.497 e. The molecular weight excluding hydrogens is 432 g/mol. The summed E-state index contributed by atoms with van der Waals surface area (Å²) in [7, 11) is 5.66. The second-order valence-electron chi connectivity index (χ2n) is 7.97. The molecule has 4 rings (SSSR count). The molecule has 1 aromatic carbocycles. The number of piperazine rings is 1. The summed E-state index contributed by atoms with van der Waals surface area (Å²) in [6.07, 6.45) is 5.43. The molecule has 1 atom stereocenters. The average Bonchev–Trinajstić information content (AvgIpc) is 3.49. The Morgan fingerprint density at radius 3 is 2.71 bits per heavy atom. The van der Waals surface area contributed by atoms with Gasteiger partial charge in [0.25, 0.3) is 0 Å². The number of carbonyl (C=O) groups excluding carboxylic acids is 1. The summed E-state index contributed by atoms with van der Waals surface area (Å²) < 4.78 is 10.6. The van der Waals surface area contributed by atoms with Crippen LogP contribution in [-0.2, 0) is 11.3 Å². The first-order valence-electron chi connectivity index (χ1n) is 11.0. The summed E-state index contributed by atoms with van der Waals surface area (Å²) >= 11 is 0. The quantitative estimate of drug-likeness (QED) is 0.407. The lowest BCUT2D eigenvalue weighted by Gasteiger charge is -2.34. The van der Waals surface area contributed by atoms with Gasteiger partial charge < -0.3 is 14.2 Å². The zero-order chi connectivity index (χ0) is 21.5. The fourth-order valence-corrected chi connectivity index (χ4v) is 6.92. The van der Waals surface area contributed by atoms with Crippen molar-refractivity contribution in [1.29, 1.82) is 0 Å². The minimum absolute atomic E-state index is 0.299. The topological polar surface area (TPSA) is 71.7 Å². The van der Waals surface area contributed by atoms with Crippen molar-refractivity contribution in [2.24, 2.45) is 0 Å². The molecule has 2 aliphatic rings. The van der Waals surface area contributed by atoms with E-state index >= 15 is 0 Å². The number of unbranched alkanes of at least 4 members (excludes halogenated alkanes) is 1. The van der Waals surface area contributed by atoms with Gasteiger partial charge in [-0.25, -0.2) is 0 Å². The maximum atomic E-state index is 12.5. The highest BCUT2D eigenvalue weighted by Gasteiger charge is 2.23. The number of nitrogens with zero attached hydrogens (tertiary/aromatic N) is 4. The van der Waals surface area contributed by atoms with Gasteiger partial charge in [-0.1, -0.05) is 33.2 Å². The number of carbonyl (C=O) groups is 1. The third kappa shape index (κ3) is 6.40. The molecule has 0 aliphatic carbocycles. The van der Waals surface area contributed by atoms with Gasteiger partial charge in [-0.3, -0.25) is 9.69 Å². The molecule has 2 saturated heterocycles. The first-order valence-corrected chi connectivity index (χ1v) is 13.3. The van der Waals surface area contributed by atoms with E-state index in [0.29, 0.717) is 30.6 Å². The molecule has 7 nitrogen and oxygen atoms in total. The summed E-state index contributed by atoms with van der Waals surface area (Å²) in [4.78, 5) is 21.3. The highest BCUT2D eigenvalue weighted by atomic mass is 33.1. The average molecular weight is 463 g/mol. The zero-order valence-corrected chi connectivity index (χ0v) is 19.6. The lowest BCUT2D eigenvalue weighted by atomic mass is 10.1. The van der Waals surface area contributed by atoms with Crippen LogP contribution < -0.4 is 4.74 Å². The van der Waals surface area contributed by atoms with Crippen molar-refractivity contribution in [2.45, 2.75) is 43.9 Å². The van der Waals surface area contributed by atoms with E-state index < -0.39 is 0 Å². The maximum Gasteiger partial charge on any atom is 0.241 e. The van der Waals surface area contributed by atoms with Crippen LogP contribution in [0.4, 0.5) is 0 Å². The molecule has 0 bridgehead atoms. The van der Waals surface area contributed by atoms with Crippen molar-refractivity contribution in [2.75, 3.05) is 39.0 Å². The normalized spacial score (nSPS) is 19.6. The van der Waals surface area contributed by atoms with Crippen molar-refractivity contribution in [3.8, 4) is 17.1 Å². The zero-order valence-electron chi connectivity index (χ0n) is 18.0. The standard InChI is InChI=1S/C22H30N4O3S2/c1-28-18-8-6-17(7-9-18)22-23-20(29-24-22)16-25-11-13-26(14-12-25)21(27)5-3-2-4-19-10-15-30-31-19/h6-9,19H,2-5,10-16H2,1H3. The van der Waals surface area contributed by atoms with E-state index in [9.17, 15) is 4.79 Å². The summed E-state index contributed by atoms with van der Waals surface area (Å²) in [5, 5.41) is 4.90. The number of amides is 1. The number of benzene rings is 1. The Balaban J connectivity index is 1.17. The van der Waals surface area contributed by atoms with Crippen LogP contribution >= 0.6 is 21.6 Å². The third-order valence-electron chi connectivity index (χ3n) is 5.79. The smallest absolute Gasteiger partial charge is 0.241 e. The summed E-state index contributed by atoms with van der Waals surface area (Å²) in [5.41, 5.74) is 0.900. The number of hydrogen-bond donors (Lipinski definition) is 0. The number of methoxy groups -OCH3 is 1. The minimum atomic E-state index is 0.299. The van der Waals surface area contributed by atoms with Crippen molar-refractivity contribution in [1.82, 2.24) is 19.9 Å². The van der Waals surface area contributed by atoms with Gasteiger partial charge in [-0.15, -0.1) is 0 Å². The van der Waals surface area contributed by atoms with Crippen LogP contribution in [0.3, 0.4) is 0 Å². The van der Waals surface area contributed by atoms with Crippen LogP contribution in [0.2, 0.25) is 0 Å². The van der Waals surface area contributed by atoms with E-state index in [1.165, 1.54) is 18.6 Å². The molecule has 0 N–H and O–H groups in total. The van der Waals surface area contributed by atoms with Crippen LogP contribution in [-0.4, -0.2) is 70.1 Å². The van der Waals surface area contributed by atoms with Crippen LogP contribution in [0, 0.1) is 0 Å². The second-order valence-corrected chi connectivity index (χ2v) is 10.8. The number of aromatic nitrogens is 2. The molecule has 1 aromatic heterocycles. The van der Waals surface area contributed by atoms with Crippen LogP contribution in [0.5, 0.6) is 5.75 Å². The summed E-state index contributed by atoms with van der Waals surface area (Å²) in [5.74, 6) is 3.57. The number of rotatable bonds is 9.